The Morgan fingerprint density at radius 3 is 0.759 bits per heavy atom. The van der Waals surface area contributed by atoms with Crippen LogP contribution in [0.15, 0.2) is 158 Å². The molecule has 0 N–H and O–H groups in total. The maximum absolute atomic E-state index is 12.9. The summed E-state index contributed by atoms with van der Waals surface area (Å²) in [6.45, 7) is 6.38. The summed E-state index contributed by atoms with van der Waals surface area (Å²) in [5.41, 5.74) is 0. The highest BCUT2D eigenvalue weighted by Crippen LogP contribution is 2.16. The second-order valence-electron chi connectivity index (χ2n) is 22.0. The van der Waals surface area contributed by atoms with Gasteiger partial charge < -0.3 is 14.2 Å². The molecule has 468 valence electrons. The van der Waals surface area contributed by atoms with Crippen LogP contribution in [0.5, 0.6) is 0 Å². The Labute approximate surface area is 511 Å². The molecular formula is C77H124O6. The Morgan fingerprint density at radius 2 is 0.470 bits per heavy atom. The molecule has 0 saturated heterocycles. The highest BCUT2D eigenvalue weighted by molar-refractivity contribution is 5.71. The summed E-state index contributed by atoms with van der Waals surface area (Å²) < 4.78 is 16.9. The lowest BCUT2D eigenvalue weighted by molar-refractivity contribution is -0.167. The van der Waals surface area contributed by atoms with Gasteiger partial charge in [-0.1, -0.05) is 301 Å². The van der Waals surface area contributed by atoms with E-state index in [1.54, 1.807) is 0 Å². The number of ether oxygens (including phenoxy) is 3. The van der Waals surface area contributed by atoms with Crippen LogP contribution >= 0.6 is 0 Å². The summed E-state index contributed by atoms with van der Waals surface area (Å²) in [6, 6.07) is 0. The molecule has 0 radical (unpaired) electrons. The SMILES string of the molecule is CC/C=C\C/C=C\C/C=C\C/C=C\C/C=C\C/C=C\C/C=C\C/C=C\CCCCC(=O)OCC(COC(=O)CCCCCCCCCCCCCCCCCCC)OC(=O)CCCCCCC/C=C\C/C=C\C/C=C\C/C=C\C/C=C\CC. The number of esters is 3. The van der Waals surface area contributed by atoms with Crippen LogP contribution in [0.3, 0.4) is 0 Å². The molecule has 0 fully saturated rings. The van der Waals surface area contributed by atoms with Gasteiger partial charge >= 0.3 is 17.9 Å². The van der Waals surface area contributed by atoms with E-state index in [0.717, 1.165) is 154 Å². The molecule has 0 aromatic rings. The third-order valence-electron chi connectivity index (χ3n) is 14.0. The first kappa shape index (κ1) is 78.0. The smallest absolute Gasteiger partial charge is 0.306 e. The topological polar surface area (TPSA) is 78.9 Å². The highest BCUT2D eigenvalue weighted by atomic mass is 16.6. The van der Waals surface area contributed by atoms with Crippen LogP contribution < -0.4 is 0 Å². The number of carbonyl (C=O) groups excluding carboxylic acids is 3. The number of rotatable bonds is 60. The Kier molecular flexibility index (Phi) is 65.4. The Balaban J connectivity index is 4.52. The fourth-order valence-electron chi connectivity index (χ4n) is 9.01. The van der Waals surface area contributed by atoms with Crippen LogP contribution in [0.25, 0.3) is 0 Å². The van der Waals surface area contributed by atoms with E-state index in [0.29, 0.717) is 25.7 Å². The fraction of sp³-hybridized carbons (Fsp3) is 0.623. The van der Waals surface area contributed by atoms with Crippen LogP contribution in [0.1, 0.15) is 290 Å². The first-order valence-corrected chi connectivity index (χ1v) is 34.0. The van der Waals surface area contributed by atoms with E-state index in [9.17, 15) is 14.4 Å². The molecule has 0 bridgehead atoms. The Hall–Kier alpha value is -4.97. The van der Waals surface area contributed by atoms with E-state index in [-0.39, 0.29) is 31.1 Å². The highest BCUT2D eigenvalue weighted by Gasteiger charge is 2.19. The zero-order chi connectivity index (χ0) is 59.9. The van der Waals surface area contributed by atoms with E-state index in [4.69, 9.17) is 14.2 Å². The summed E-state index contributed by atoms with van der Waals surface area (Å²) in [4.78, 5) is 38.4. The predicted molar refractivity (Wildman–Crippen MR) is 362 cm³/mol. The molecule has 0 aromatic carbocycles. The standard InChI is InChI=1S/C77H124O6/c1-4-7-10-13-16-19-22-25-28-31-33-35-36-37-38-39-40-42-43-46-49-52-55-58-61-64-67-70-76(79)82-73-74(72-81-75(78)69-66-63-60-57-54-51-48-45-30-27-24-21-18-15-12-9-6-3)83-77(80)71-68-65-62-59-56-53-50-47-44-41-34-32-29-26-23-20-17-14-11-8-5-2/h7-8,10-11,16-17,19-20,25-26,28-29,33-35,37-38,40-42,46-47,49-50,55,58,74H,4-6,9,12-15,18,21-24,27,30-32,36,39,43-45,48,51-54,56-57,59-73H2,1-3H3/b10-7-,11-8-,19-16-,20-17-,28-25-,29-26-,35-33-,38-37-,41-34-,42-40-,49-46-,50-47-,58-55-. The number of hydrogen-bond acceptors (Lipinski definition) is 6. The monoisotopic (exact) mass is 1140 g/mol. The summed E-state index contributed by atoms with van der Waals surface area (Å²) in [6.07, 6.45) is 101. The molecule has 0 aliphatic rings. The summed E-state index contributed by atoms with van der Waals surface area (Å²) in [5, 5.41) is 0. The van der Waals surface area contributed by atoms with Crippen molar-refractivity contribution in [3.63, 3.8) is 0 Å². The average molecular weight is 1150 g/mol. The lowest BCUT2D eigenvalue weighted by Gasteiger charge is -2.18. The first-order valence-electron chi connectivity index (χ1n) is 34.0. The molecule has 83 heavy (non-hydrogen) atoms. The minimum Gasteiger partial charge on any atom is -0.462 e. The van der Waals surface area contributed by atoms with Gasteiger partial charge in [0, 0.05) is 19.3 Å². The van der Waals surface area contributed by atoms with Gasteiger partial charge in [-0.25, -0.2) is 0 Å². The second-order valence-corrected chi connectivity index (χ2v) is 22.0. The quantitative estimate of drug-likeness (QED) is 0.0261. The van der Waals surface area contributed by atoms with Crippen molar-refractivity contribution in [3.05, 3.63) is 158 Å². The van der Waals surface area contributed by atoms with Gasteiger partial charge in [0.1, 0.15) is 13.2 Å². The van der Waals surface area contributed by atoms with Gasteiger partial charge in [-0.15, -0.1) is 0 Å². The van der Waals surface area contributed by atoms with Crippen LogP contribution in [0.2, 0.25) is 0 Å². The summed E-state index contributed by atoms with van der Waals surface area (Å²) in [7, 11) is 0. The van der Waals surface area contributed by atoms with Crippen LogP contribution in [0, 0.1) is 0 Å². The molecule has 0 aromatic heterocycles. The fourth-order valence-corrected chi connectivity index (χ4v) is 9.01. The summed E-state index contributed by atoms with van der Waals surface area (Å²) >= 11 is 0. The molecule has 1 unspecified atom stereocenters. The van der Waals surface area contributed by atoms with Crippen LogP contribution in [-0.4, -0.2) is 37.2 Å². The summed E-state index contributed by atoms with van der Waals surface area (Å²) in [5.74, 6) is -0.965. The van der Waals surface area contributed by atoms with Crippen molar-refractivity contribution in [3.8, 4) is 0 Å². The van der Waals surface area contributed by atoms with Gasteiger partial charge in [-0.05, 0) is 128 Å². The van der Waals surface area contributed by atoms with Crippen molar-refractivity contribution in [1.29, 1.82) is 0 Å². The average Bonchev–Trinajstić information content (AvgIpc) is 3.49. The van der Waals surface area contributed by atoms with Crippen molar-refractivity contribution in [2.75, 3.05) is 13.2 Å². The number of unbranched alkanes of at least 4 members (excludes halogenated alkanes) is 23. The van der Waals surface area contributed by atoms with Crippen molar-refractivity contribution < 1.29 is 28.6 Å². The van der Waals surface area contributed by atoms with E-state index >= 15 is 0 Å². The molecule has 0 aliphatic carbocycles. The maximum Gasteiger partial charge on any atom is 0.306 e. The van der Waals surface area contributed by atoms with Crippen LogP contribution in [-0.2, 0) is 28.6 Å². The number of carbonyl (C=O) groups is 3. The molecule has 0 spiro atoms. The predicted octanol–water partition coefficient (Wildman–Crippen LogP) is 23.7. The second kappa shape index (κ2) is 69.5. The van der Waals surface area contributed by atoms with Gasteiger partial charge in [0.15, 0.2) is 6.10 Å². The Bertz CT molecular complexity index is 1840. The minimum absolute atomic E-state index is 0.104. The van der Waals surface area contributed by atoms with E-state index < -0.39 is 6.10 Å². The molecule has 0 saturated carbocycles. The molecule has 6 heteroatoms. The lowest BCUT2D eigenvalue weighted by Crippen LogP contribution is -2.30. The normalized spacial score (nSPS) is 13.1. The van der Waals surface area contributed by atoms with Crippen LogP contribution in [0.4, 0.5) is 0 Å². The zero-order valence-electron chi connectivity index (χ0n) is 53.7. The van der Waals surface area contributed by atoms with Crippen molar-refractivity contribution >= 4 is 17.9 Å². The third kappa shape index (κ3) is 67.7. The lowest BCUT2D eigenvalue weighted by atomic mass is 10.0. The first-order chi connectivity index (χ1) is 41.0. The Morgan fingerprint density at radius 1 is 0.253 bits per heavy atom. The van der Waals surface area contributed by atoms with E-state index in [2.05, 4.69) is 179 Å². The number of hydrogen-bond donors (Lipinski definition) is 0. The number of allylic oxidation sites excluding steroid dienone is 26. The van der Waals surface area contributed by atoms with Gasteiger partial charge in [-0.3, -0.25) is 14.4 Å². The van der Waals surface area contributed by atoms with Gasteiger partial charge in [-0.2, -0.15) is 0 Å². The van der Waals surface area contributed by atoms with E-state index in [1.807, 2.05) is 0 Å². The molecule has 0 heterocycles. The van der Waals surface area contributed by atoms with Gasteiger partial charge in [0.05, 0.1) is 0 Å². The molecule has 1 atom stereocenters. The van der Waals surface area contributed by atoms with Gasteiger partial charge in [0.2, 0.25) is 0 Å². The molecule has 0 rings (SSSR count). The minimum atomic E-state index is -0.815. The molecular weight excluding hydrogens is 1020 g/mol. The molecule has 0 amide bonds. The zero-order valence-corrected chi connectivity index (χ0v) is 53.7. The van der Waals surface area contributed by atoms with Crippen molar-refractivity contribution in [2.24, 2.45) is 0 Å². The largest absolute Gasteiger partial charge is 0.462 e. The van der Waals surface area contributed by atoms with Crippen molar-refractivity contribution in [1.82, 2.24) is 0 Å². The van der Waals surface area contributed by atoms with E-state index in [1.165, 1.54) is 89.9 Å². The van der Waals surface area contributed by atoms with Crippen molar-refractivity contribution in [2.45, 2.75) is 297 Å². The third-order valence-corrected chi connectivity index (χ3v) is 14.0. The molecule has 6 nitrogen and oxygen atoms in total. The van der Waals surface area contributed by atoms with Gasteiger partial charge in [0.25, 0.3) is 0 Å². The molecule has 0 aliphatic heterocycles. The maximum atomic E-state index is 12.9.